The summed E-state index contributed by atoms with van der Waals surface area (Å²) in [6.45, 7) is 1.84. The van der Waals surface area contributed by atoms with Gasteiger partial charge in [0.05, 0.1) is 16.8 Å². The minimum absolute atomic E-state index is 0.139. The molecule has 0 atom stereocenters. The molecule has 2 amide bonds. The number of amides is 2. The first-order chi connectivity index (χ1) is 11.0. The maximum Gasteiger partial charge on any atom is 0.287 e. The topological polar surface area (TPSA) is 84.2 Å². The fraction of sp³-hybridized carbons (Fsp3) is 0.133. The van der Waals surface area contributed by atoms with Crippen molar-refractivity contribution in [1.29, 1.82) is 0 Å². The van der Waals surface area contributed by atoms with E-state index >= 15 is 0 Å². The Morgan fingerprint density at radius 2 is 2.13 bits per heavy atom. The maximum atomic E-state index is 11.9. The lowest BCUT2D eigenvalue weighted by Crippen LogP contribution is -2.32. The van der Waals surface area contributed by atoms with E-state index in [2.05, 4.69) is 31.5 Å². The molecule has 2 aromatic heterocycles. The summed E-state index contributed by atoms with van der Waals surface area (Å²) in [6, 6.07) is 9.02. The van der Waals surface area contributed by atoms with Crippen LogP contribution in [0.3, 0.4) is 0 Å². The first kappa shape index (κ1) is 15.7. The van der Waals surface area contributed by atoms with Gasteiger partial charge in [-0.3, -0.25) is 9.59 Å². The van der Waals surface area contributed by atoms with Crippen LogP contribution in [0, 0.1) is 6.92 Å². The number of anilines is 1. The Morgan fingerprint density at radius 1 is 1.30 bits per heavy atom. The van der Waals surface area contributed by atoms with Crippen LogP contribution < -0.4 is 10.6 Å². The predicted molar refractivity (Wildman–Crippen MR) is 91.7 cm³/mol. The summed E-state index contributed by atoms with van der Waals surface area (Å²) in [5.41, 5.74) is 1.97. The molecule has 0 bridgehead atoms. The number of thiazole rings is 1. The Kier molecular flexibility index (Phi) is 4.44. The van der Waals surface area contributed by atoms with E-state index in [0.717, 1.165) is 15.8 Å². The normalized spacial score (nSPS) is 10.7. The Balaban J connectivity index is 1.59. The van der Waals surface area contributed by atoms with E-state index in [1.54, 1.807) is 6.07 Å². The first-order valence-electron chi connectivity index (χ1n) is 6.72. The van der Waals surface area contributed by atoms with Crippen LogP contribution in [0.15, 0.2) is 39.4 Å². The van der Waals surface area contributed by atoms with Crippen molar-refractivity contribution in [2.24, 2.45) is 0 Å². The number of carbonyl (C=O) groups is 2. The Morgan fingerprint density at radius 3 is 2.87 bits per heavy atom. The highest BCUT2D eigenvalue weighted by Gasteiger charge is 2.13. The van der Waals surface area contributed by atoms with Gasteiger partial charge in [-0.1, -0.05) is 17.4 Å². The quantitative estimate of drug-likeness (QED) is 0.711. The summed E-state index contributed by atoms with van der Waals surface area (Å²) in [6.07, 6.45) is 0. The SMILES string of the molecule is Cc1ccc2nc(NC(=O)CNC(=O)c3ccc(Br)o3)sc2c1. The van der Waals surface area contributed by atoms with Crippen molar-refractivity contribution in [3.8, 4) is 0 Å². The number of carbonyl (C=O) groups excluding carboxylic acids is 2. The zero-order valence-electron chi connectivity index (χ0n) is 12.1. The van der Waals surface area contributed by atoms with Gasteiger partial charge in [0.2, 0.25) is 5.91 Å². The molecule has 0 unspecified atom stereocenters. The molecular formula is C15H12BrN3O3S. The van der Waals surface area contributed by atoms with Crippen LogP contribution in [0.5, 0.6) is 0 Å². The van der Waals surface area contributed by atoms with Crippen LogP contribution >= 0.6 is 27.3 Å². The maximum absolute atomic E-state index is 11.9. The third-order valence-electron chi connectivity index (χ3n) is 3.00. The second-order valence-corrected chi connectivity index (χ2v) is 6.64. The molecule has 2 heterocycles. The van der Waals surface area contributed by atoms with Gasteiger partial charge in [-0.2, -0.15) is 0 Å². The summed E-state index contributed by atoms with van der Waals surface area (Å²) in [5, 5.41) is 5.67. The molecule has 0 spiro atoms. The number of nitrogens with zero attached hydrogens (tertiary/aromatic N) is 1. The number of hydrogen-bond donors (Lipinski definition) is 2. The van der Waals surface area contributed by atoms with Gasteiger partial charge in [0, 0.05) is 0 Å². The fourth-order valence-electron chi connectivity index (χ4n) is 1.93. The Labute approximate surface area is 144 Å². The average molecular weight is 394 g/mol. The Hall–Kier alpha value is -2.19. The number of halogens is 1. The van der Waals surface area contributed by atoms with Gasteiger partial charge in [0.15, 0.2) is 15.6 Å². The molecule has 0 radical (unpaired) electrons. The van der Waals surface area contributed by atoms with Gasteiger partial charge in [-0.25, -0.2) is 4.98 Å². The van der Waals surface area contributed by atoms with Crippen LogP contribution in [-0.2, 0) is 4.79 Å². The van der Waals surface area contributed by atoms with E-state index < -0.39 is 5.91 Å². The molecule has 0 saturated carbocycles. The minimum Gasteiger partial charge on any atom is -0.444 e. The van der Waals surface area contributed by atoms with Crippen molar-refractivity contribution < 1.29 is 14.0 Å². The molecule has 0 fully saturated rings. The van der Waals surface area contributed by atoms with Crippen molar-refractivity contribution in [3.05, 3.63) is 46.3 Å². The first-order valence-corrected chi connectivity index (χ1v) is 8.33. The molecule has 2 N–H and O–H groups in total. The van der Waals surface area contributed by atoms with Gasteiger partial charge in [0.1, 0.15) is 0 Å². The molecule has 0 aliphatic carbocycles. The molecule has 6 nitrogen and oxygen atoms in total. The predicted octanol–water partition coefficient (Wildman–Crippen LogP) is 3.33. The van der Waals surface area contributed by atoms with Crippen LogP contribution in [0.4, 0.5) is 5.13 Å². The van der Waals surface area contributed by atoms with E-state index in [1.807, 2.05) is 25.1 Å². The number of aryl methyl sites for hydroxylation is 1. The zero-order chi connectivity index (χ0) is 16.4. The third kappa shape index (κ3) is 3.77. The largest absolute Gasteiger partial charge is 0.444 e. The molecule has 118 valence electrons. The number of furan rings is 1. The number of benzene rings is 1. The second-order valence-electron chi connectivity index (χ2n) is 4.82. The summed E-state index contributed by atoms with van der Waals surface area (Å²) in [7, 11) is 0. The number of aromatic nitrogens is 1. The van der Waals surface area contributed by atoms with Crippen molar-refractivity contribution in [3.63, 3.8) is 0 Å². The van der Waals surface area contributed by atoms with Crippen LogP contribution in [0.25, 0.3) is 10.2 Å². The van der Waals surface area contributed by atoms with E-state index in [0.29, 0.717) is 9.80 Å². The second kappa shape index (κ2) is 6.51. The van der Waals surface area contributed by atoms with Crippen molar-refractivity contribution in [2.75, 3.05) is 11.9 Å². The van der Waals surface area contributed by atoms with Crippen molar-refractivity contribution in [2.45, 2.75) is 6.92 Å². The average Bonchev–Trinajstić information content (AvgIpc) is 3.10. The van der Waals surface area contributed by atoms with Crippen molar-refractivity contribution in [1.82, 2.24) is 10.3 Å². The number of nitrogens with one attached hydrogen (secondary N) is 2. The molecule has 3 aromatic rings. The van der Waals surface area contributed by atoms with Gasteiger partial charge >= 0.3 is 0 Å². The van der Waals surface area contributed by atoms with Gasteiger partial charge in [0.25, 0.3) is 5.91 Å². The van der Waals surface area contributed by atoms with E-state index in [1.165, 1.54) is 17.4 Å². The highest BCUT2D eigenvalue weighted by atomic mass is 79.9. The standard InChI is InChI=1S/C15H12BrN3O3S/c1-8-2-3-9-11(6-8)23-15(18-9)19-13(20)7-17-14(21)10-4-5-12(16)22-10/h2-6H,7H2,1H3,(H,17,21)(H,18,19,20). The molecular weight excluding hydrogens is 382 g/mol. The molecule has 0 aliphatic heterocycles. The minimum atomic E-state index is -0.453. The monoisotopic (exact) mass is 393 g/mol. The van der Waals surface area contributed by atoms with E-state index in [-0.39, 0.29) is 18.2 Å². The van der Waals surface area contributed by atoms with Crippen molar-refractivity contribution >= 4 is 54.4 Å². The highest BCUT2D eigenvalue weighted by molar-refractivity contribution is 9.10. The zero-order valence-corrected chi connectivity index (χ0v) is 14.5. The van der Waals surface area contributed by atoms with Gasteiger partial charge in [-0.15, -0.1) is 0 Å². The van der Waals surface area contributed by atoms with E-state index in [4.69, 9.17) is 4.42 Å². The van der Waals surface area contributed by atoms with Crippen LogP contribution in [0.2, 0.25) is 0 Å². The molecule has 23 heavy (non-hydrogen) atoms. The summed E-state index contributed by atoms with van der Waals surface area (Å²) in [4.78, 5) is 28.0. The Bertz CT molecular complexity index is 887. The van der Waals surface area contributed by atoms with Crippen LogP contribution in [0.1, 0.15) is 16.1 Å². The molecule has 0 aliphatic rings. The van der Waals surface area contributed by atoms with E-state index in [9.17, 15) is 9.59 Å². The summed E-state index contributed by atoms with van der Waals surface area (Å²) < 4.78 is 6.57. The lowest BCUT2D eigenvalue weighted by molar-refractivity contribution is -0.115. The molecule has 1 aromatic carbocycles. The summed E-state index contributed by atoms with van der Waals surface area (Å²) in [5.74, 6) is -0.661. The lowest BCUT2D eigenvalue weighted by atomic mass is 10.2. The highest BCUT2D eigenvalue weighted by Crippen LogP contribution is 2.26. The lowest BCUT2D eigenvalue weighted by Gasteiger charge is -2.02. The van der Waals surface area contributed by atoms with Gasteiger partial charge < -0.3 is 15.1 Å². The molecule has 3 rings (SSSR count). The number of rotatable bonds is 4. The number of hydrogen-bond acceptors (Lipinski definition) is 5. The third-order valence-corrected chi connectivity index (χ3v) is 4.36. The fourth-order valence-corrected chi connectivity index (χ4v) is 3.22. The molecule has 8 heteroatoms. The smallest absolute Gasteiger partial charge is 0.287 e. The van der Waals surface area contributed by atoms with Crippen LogP contribution in [-0.4, -0.2) is 23.3 Å². The van der Waals surface area contributed by atoms with Gasteiger partial charge in [-0.05, 0) is 52.7 Å². The molecule has 0 saturated heterocycles. The number of fused-ring (bicyclic) bond motifs is 1. The summed E-state index contributed by atoms with van der Waals surface area (Å²) >= 11 is 4.51.